The number of ether oxygens (including phenoxy) is 1. The van der Waals surface area contributed by atoms with Crippen molar-refractivity contribution in [3.8, 4) is 0 Å². The third-order valence-corrected chi connectivity index (χ3v) is 4.45. The molecule has 1 fully saturated rings. The molecule has 0 bridgehead atoms. The third kappa shape index (κ3) is 4.43. The molecular weight excluding hydrogens is 312 g/mol. The van der Waals surface area contributed by atoms with Crippen LogP contribution in [0.25, 0.3) is 0 Å². The van der Waals surface area contributed by atoms with Crippen LogP contribution in [-0.2, 0) is 14.3 Å². The van der Waals surface area contributed by atoms with Gasteiger partial charge in [0, 0.05) is 6.07 Å². The average molecular weight is 329 g/mol. The van der Waals surface area contributed by atoms with Crippen molar-refractivity contribution in [3.05, 3.63) is 29.8 Å². The van der Waals surface area contributed by atoms with Gasteiger partial charge in [-0.25, -0.2) is 8.78 Å². The quantitative estimate of drug-likeness (QED) is 0.863. The molecule has 1 aromatic carbocycles. The van der Waals surface area contributed by atoms with E-state index < -0.39 is 29.6 Å². The third-order valence-electron chi connectivity index (χ3n) is 3.41. The Morgan fingerprint density at radius 3 is 2.64 bits per heavy atom. The number of carbonyl (C=O) groups is 2. The lowest BCUT2D eigenvalue weighted by atomic mass is 10.0. The lowest BCUT2D eigenvalue weighted by molar-refractivity contribution is -0.157. The second-order valence-corrected chi connectivity index (χ2v) is 6.30. The van der Waals surface area contributed by atoms with Crippen LogP contribution in [0.1, 0.15) is 19.8 Å². The highest BCUT2D eigenvalue weighted by molar-refractivity contribution is 7.99. The van der Waals surface area contributed by atoms with Crippen LogP contribution < -0.4 is 5.32 Å². The minimum atomic E-state index is -1.04. The van der Waals surface area contributed by atoms with Gasteiger partial charge in [0.1, 0.15) is 11.6 Å². The number of halogens is 2. The Morgan fingerprint density at radius 1 is 1.32 bits per heavy atom. The first kappa shape index (κ1) is 16.7. The summed E-state index contributed by atoms with van der Waals surface area (Å²) >= 11 is 1.79. The van der Waals surface area contributed by atoms with Crippen LogP contribution in [0.4, 0.5) is 14.5 Å². The number of amides is 1. The molecule has 7 heteroatoms. The van der Waals surface area contributed by atoms with Gasteiger partial charge in [0.05, 0.1) is 11.6 Å². The van der Waals surface area contributed by atoms with Gasteiger partial charge in [-0.1, -0.05) is 0 Å². The molecule has 1 atom stereocenters. The van der Waals surface area contributed by atoms with Crippen molar-refractivity contribution in [1.82, 2.24) is 0 Å². The normalized spacial score (nSPS) is 16.9. The van der Waals surface area contributed by atoms with Crippen LogP contribution in [-0.4, -0.2) is 29.5 Å². The number of anilines is 1. The van der Waals surface area contributed by atoms with Gasteiger partial charge in [-0.3, -0.25) is 9.59 Å². The fraction of sp³-hybridized carbons (Fsp3) is 0.467. The molecule has 0 aliphatic carbocycles. The molecule has 0 unspecified atom stereocenters. The molecule has 2 rings (SSSR count). The van der Waals surface area contributed by atoms with Gasteiger partial charge in [-0.15, -0.1) is 0 Å². The average Bonchev–Trinajstić information content (AvgIpc) is 2.50. The molecule has 1 aliphatic heterocycles. The fourth-order valence-electron chi connectivity index (χ4n) is 2.08. The molecule has 0 aromatic heterocycles. The van der Waals surface area contributed by atoms with Gasteiger partial charge < -0.3 is 10.1 Å². The first-order chi connectivity index (χ1) is 10.5. The van der Waals surface area contributed by atoms with Gasteiger partial charge in [-0.2, -0.15) is 11.8 Å². The van der Waals surface area contributed by atoms with E-state index in [1.54, 1.807) is 11.8 Å². The second kappa shape index (κ2) is 7.58. The summed E-state index contributed by atoms with van der Waals surface area (Å²) in [4.78, 5) is 23.9. The first-order valence-corrected chi connectivity index (χ1v) is 8.17. The number of thioether (sulfide) groups is 1. The molecule has 0 spiro atoms. The minimum Gasteiger partial charge on any atom is -0.452 e. The Kier molecular flexibility index (Phi) is 5.76. The van der Waals surface area contributed by atoms with Gasteiger partial charge in [0.25, 0.3) is 5.91 Å². The van der Waals surface area contributed by atoms with Gasteiger partial charge in [0.2, 0.25) is 0 Å². The number of carbonyl (C=O) groups excluding carboxylic acids is 2. The number of rotatable bonds is 4. The van der Waals surface area contributed by atoms with Crippen molar-refractivity contribution in [1.29, 1.82) is 0 Å². The molecule has 0 radical (unpaired) electrons. The Bertz CT molecular complexity index is 562. The topological polar surface area (TPSA) is 55.4 Å². The van der Waals surface area contributed by atoms with E-state index >= 15 is 0 Å². The minimum absolute atomic E-state index is 0.150. The summed E-state index contributed by atoms with van der Waals surface area (Å²) in [5, 5.41) is 2.28. The van der Waals surface area contributed by atoms with E-state index in [1.807, 2.05) is 0 Å². The maximum Gasteiger partial charge on any atom is 0.309 e. The molecule has 1 aromatic rings. The lowest BCUT2D eigenvalue weighted by Gasteiger charge is -2.22. The molecule has 1 saturated heterocycles. The van der Waals surface area contributed by atoms with E-state index in [-0.39, 0.29) is 11.6 Å². The predicted octanol–water partition coefficient (Wildman–Crippen LogP) is 2.98. The van der Waals surface area contributed by atoms with Crippen LogP contribution in [0.3, 0.4) is 0 Å². The second-order valence-electron chi connectivity index (χ2n) is 5.08. The number of esters is 1. The summed E-state index contributed by atoms with van der Waals surface area (Å²) in [7, 11) is 0. The highest BCUT2D eigenvalue weighted by atomic mass is 32.2. The maximum absolute atomic E-state index is 13.5. The van der Waals surface area contributed by atoms with E-state index in [1.165, 1.54) is 6.92 Å². The highest BCUT2D eigenvalue weighted by Gasteiger charge is 2.26. The maximum atomic E-state index is 13.5. The summed E-state index contributed by atoms with van der Waals surface area (Å²) in [6, 6.07) is 2.83. The molecule has 1 aliphatic rings. The summed E-state index contributed by atoms with van der Waals surface area (Å²) < 4.78 is 31.4. The van der Waals surface area contributed by atoms with Crippen molar-refractivity contribution in [2.45, 2.75) is 25.9 Å². The molecule has 22 heavy (non-hydrogen) atoms. The van der Waals surface area contributed by atoms with Crippen molar-refractivity contribution in [2.24, 2.45) is 5.92 Å². The van der Waals surface area contributed by atoms with Gasteiger partial charge in [-0.05, 0) is 43.4 Å². The standard InChI is InChI=1S/C15H17F2NO3S/c1-9(21-15(20)10-4-6-22-7-5-10)14(19)18-13-3-2-11(16)8-12(13)17/h2-3,8-10H,4-7H2,1H3,(H,18,19)/t9-/m1/s1. The van der Waals surface area contributed by atoms with E-state index in [4.69, 9.17) is 4.74 Å². The highest BCUT2D eigenvalue weighted by Crippen LogP contribution is 2.24. The molecule has 1 N–H and O–H groups in total. The van der Waals surface area contributed by atoms with Crippen LogP contribution in [0.15, 0.2) is 18.2 Å². The van der Waals surface area contributed by atoms with E-state index in [0.717, 1.165) is 36.5 Å². The largest absolute Gasteiger partial charge is 0.452 e. The molecular formula is C15H17F2NO3S. The van der Waals surface area contributed by atoms with Crippen molar-refractivity contribution in [3.63, 3.8) is 0 Å². The van der Waals surface area contributed by atoms with Crippen LogP contribution in [0.5, 0.6) is 0 Å². The Hall–Kier alpha value is -1.63. The van der Waals surface area contributed by atoms with Crippen LogP contribution >= 0.6 is 11.8 Å². The Balaban J connectivity index is 1.89. The summed E-state index contributed by atoms with van der Waals surface area (Å²) in [6.07, 6.45) is 0.445. The zero-order valence-electron chi connectivity index (χ0n) is 12.1. The Labute approximate surface area is 131 Å². The number of hydrogen-bond acceptors (Lipinski definition) is 4. The number of nitrogens with one attached hydrogen (secondary N) is 1. The molecule has 120 valence electrons. The summed E-state index contributed by atoms with van der Waals surface area (Å²) in [5.74, 6) is -1.03. The SMILES string of the molecule is C[C@@H](OC(=O)C1CCSCC1)C(=O)Nc1ccc(F)cc1F. The zero-order valence-corrected chi connectivity index (χ0v) is 12.9. The monoisotopic (exact) mass is 329 g/mol. The smallest absolute Gasteiger partial charge is 0.309 e. The van der Waals surface area contributed by atoms with Crippen molar-refractivity contribution >= 4 is 29.3 Å². The molecule has 1 amide bonds. The van der Waals surface area contributed by atoms with Crippen molar-refractivity contribution < 1.29 is 23.1 Å². The van der Waals surface area contributed by atoms with Crippen molar-refractivity contribution in [2.75, 3.05) is 16.8 Å². The zero-order chi connectivity index (χ0) is 16.1. The first-order valence-electron chi connectivity index (χ1n) is 7.01. The Morgan fingerprint density at radius 2 is 2.00 bits per heavy atom. The van der Waals surface area contributed by atoms with E-state index in [2.05, 4.69) is 5.32 Å². The van der Waals surface area contributed by atoms with Gasteiger partial charge >= 0.3 is 5.97 Å². The van der Waals surface area contributed by atoms with E-state index in [0.29, 0.717) is 6.07 Å². The fourth-order valence-corrected chi connectivity index (χ4v) is 3.19. The summed E-state index contributed by atoms with van der Waals surface area (Å²) in [6.45, 7) is 1.42. The summed E-state index contributed by atoms with van der Waals surface area (Å²) in [5.41, 5.74) is -0.150. The molecule has 0 saturated carbocycles. The predicted molar refractivity (Wildman–Crippen MR) is 80.6 cm³/mol. The number of benzene rings is 1. The molecule has 4 nitrogen and oxygen atoms in total. The van der Waals surface area contributed by atoms with E-state index in [9.17, 15) is 18.4 Å². The number of hydrogen-bond donors (Lipinski definition) is 1. The van der Waals surface area contributed by atoms with Crippen LogP contribution in [0.2, 0.25) is 0 Å². The van der Waals surface area contributed by atoms with Crippen LogP contribution in [0, 0.1) is 17.6 Å². The lowest BCUT2D eigenvalue weighted by Crippen LogP contribution is -2.33. The molecule has 1 heterocycles. The van der Waals surface area contributed by atoms with Gasteiger partial charge in [0.15, 0.2) is 6.10 Å².